The molecule has 2 N–H and O–H groups in total. The number of hydrogen-bond donors (Lipinski definition) is 1. The van der Waals surface area contributed by atoms with E-state index in [1.807, 2.05) is 0 Å². The number of para-hydroxylation sites is 1. The molecule has 0 fully saturated rings. The molecule has 1 radical (unpaired) electrons. The van der Waals surface area contributed by atoms with E-state index in [0.717, 1.165) is 0 Å². The summed E-state index contributed by atoms with van der Waals surface area (Å²) in [5.41, 5.74) is 0.598. The Morgan fingerprint density at radius 2 is 1.89 bits per heavy atom. The first kappa shape index (κ1) is 22.3. The molecular weight excluding hydrogens is 275 g/mol. The molecule has 0 aliphatic carbocycles. The second-order valence-corrected chi connectivity index (χ2v) is 3.03. The van der Waals surface area contributed by atoms with E-state index < -0.39 is 0 Å². The van der Waals surface area contributed by atoms with Crippen LogP contribution in [0.15, 0.2) is 29.3 Å². The summed E-state index contributed by atoms with van der Waals surface area (Å²) in [6, 6.07) is 6.75. The maximum Gasteiger partial charge on any atom is 0.0514 e. The molecule has 0 bridgehead atoms. The average molecular weight is 290 g/mol. The summed E-state index contributed by atoms with van der Waals surface area (Å²) in [6.07, 6.45) is 1.57. The molecule has 0 amide bonds. The fourth-order valence-electron chi connectivity index (χ4n) is 1.09. The van der Waals surface area contributed by atoms with Crippen molar-refractivity contribution >= 4 is 6.21 Å². The fourth-order valence-corrected chi connectivity index (χ4v) is 1.09. The number of rotatable bonds is 6. The number of nitrogens with zero attached hydrogens (tertiary/aromatic N) is 1. The van der Waals surface area contributed by atoms with Crippen molar-refractivity contribution < 1.29 is 39.7 Å². The van der Waals surface area contributed by atoms with Gasteiger partial charge in [0.2, 0.25) is 0 Å². The zero-order valence-corrected chi connectivity index (χ0v) is 11.2. The van der Waals surface area contributed by atoms with Gasteiger partial charge in [0.15, 0.2) is 0 Å². The standard InChI is InChI=1S/C11H15N2O2.H2O.O.V/c14-8-7-12-5-6-13-9-10-3-1-2-4-11(10)15;;;/h1-4,9,12,15H,5-8H2;1H2;;/q-1;;-2;/p-2. The summed E-state index contributed by atoms with van der Waals surface area (Å²) in [5, 5.41) is 24.3. The van der Waals surface area contributed by atoms with Crippen LogP contribution in [0.25, 0.3) is 0 Å². The molecule has 103 valence electrons. The van der Waals surface area contributed by atoms with Gasteiger partial charge in [0.25, 0.3) is 0 Å². The van der Waals surface area contributed by atoms with Gasteiger partial charge in [0, 0.05) is 31.3 Å². The molecule has 0 saturated heterocycles. The minimum Gasteiger partial charge on any atom is -2.00 e. The molecule has 0 aliphatic heterocycles. The summed E-state index contributed by atoms with van der Waals surface area (Å²) in [5.74, 6) is -0.0197. The zero-order chi connectivity index (χ0) is 10.9. The van der Waals surface area contributed by atoms with Gasteiger partial charge in [-0.05, 0) is 12.1 Å². The molecule has 0 aromatic heterocycles. The van der Waals surface area contributed by atoms with Crippen LogP contribution in [0.1, 0.15) is 5.56 Å². The Hall–Kier alpha value is -0.886. The third-order valence-corrected chi connectivity index (χ3v) is 1.85. The monoisotopic (exact) mass is 290 g/mol. The number of benzene rings is 1. The van der Waals surface area contributed by atoms with Gasteiger partial charge in [-0.15, -0.1) is 12.4 Å². The van der Waals surface area contributed by atoms with Crippen LogP contribution in [0.3, 0.4) is 0 Å². The van der Waals surface area contributed by atoms with Crippen LogP contribution in [0.5, 0.6) is 5.75 Å². The van der Waals surface area contributed by atoms with Gasteiger partial charge in [0.05, 0.1) is 6.54 Å². The van der Waals surface area contributed by atoms with E-state index in [1.54, 1.807) is 24.4 Å². The van der Waals surface area contributed by atoms with Crippen molar-refractivity contribution in [2.24, 2.45) is 4.99 Å². The van der Waals surface area contributed by atoms with Crippen molar-refractivity contribution in [3.8, 4) is 5.75 Å². The second kappa shape index (κ2) is 14.2. The van der Waals surface area contributed by atoms with Crippen LogP contribution in [0, 0.1) is 0 Å². The fraction of sp³-hybridized carbons (Fsp3) is 0.364. The molecule has 7 heteroatoms. The zero-order valence-electron chi connectivity index (χ0n) is 9.78. The summed E-state index contributed by atoms with van der Waals surface area (Å²) in [6.45, 7) is 1.59. The van der Waals surface area contributed by atoms with Crippen molar-refractivity contribution in [1.82, 2.24) is 5.32 Å². The van der Waals surface area contributed by atoms with E-state index in [-0.39, 0.29) is 41.9 Å². The first-order valence-corrected chi connectivity index (χ1v) is 4.89. The minimum absolute atomic E-state index is 0. The average Bonchev–Trinajstić information content (AvgIpc) is 2.25. The molecule has 0 unspecified atom stereocenters. The van der Waals surface area contributed by atoms with Crippen molar-refractivity contribution in [1.29, 1.82) is 0 Å². The van der Waals surface area contributed by atoms with E-state index >= 15 is 0 Å². The second-order valence-electron chi connectivity index (χ2n) is 3.03. The Kier molecular flexibility index (Phi) is 17.6. The van der Waals surface area contributed by atoms with E-state index in [4.69, 9.17) is 0 Å². The third kappa shape index (κ3) is 9.18. The van der Waals surface area contributed by atoms with Gasteiger partial charge in [-0.2, -0.15) is 0 Å². The smallest absolute Gasteiger partial charge is 0.0514 e. The molecule has 0 atom stereocenters. The first-order valence-electron chi connectivity index (χ1n) is 4.89. The molecule has 0 aliphatic rings. The van der Waals surface area contributed by atoms with Crippen LogP contribution in [-0.2, 0) is 24.0 Å². The summed E-state index contributed by atoms with van der Waals surface area (Å²) in [4.78, 5) is 4.08. The maximum atomic E-state index is 11.2. The molecule has 0 saturated carbocycles. The number of aliphatic imine (C=N–C) groups is 1. The van der Waals surface area contributed by atoms with E-state index in [9.17, 15) is 10.2 Å². The number of nitrogens with one attached hydrogen (secondary N) is 1. The molecule has 6 nitrogen and oxygen atoms in total. The van der Waals surface area contributed by atoms with Crippen LogP contribution in [0.2, 0.25) is 0 Å². The van der Waals surface area contributed by atoms with Crippen molar-refractivity contribution in [3.63, 3.8) is 0 Å². The van der Waals surface area contributed by atoms with Gasteiger partial charge in [-0.25, -0.2) is 0 Å². The van der Waals surface area contributed by atoms with Crippen molar-refractivity contribution in [2.75, 3.05) is 26.2 Å². The van der Waals surface area contributed by atoms with Crippen LogP contribution in [0.4, 0.5) is 0 Å². The topological polar surface area (TPSA) is 129 Å². The Balaban J connectivity index is -0.000000750. The van der Waals surface area contributed by atoms with Crippen LogP contribution < -0.4 is 15.5 Å². The normalized spacial score (nSPS) is 9.17. The molecule has 1 aromatic carbocycles. The maximum absolute atomic E-state index is 11.2. The van der Waals surface area contributed by atoms with Gasteiger partial charge >= 0.3 is 0 Å². The van der Waals surface area contributed by atoms with Gasteiger partial charge < -0.3 is 26.5 Å². The molecule has 18 heavy (non-hydrogen) atoms. The molecule has 0 heterocycles. The van der Waals surface area contributed by atoms with Crippen LogP contribution >= 0.6 is 0 Å². The Morgan fingerprint density at radius 3 is 2.50 bits per heavy atom. The first-order chi connectivity index (χ1) is 7.34. The minimum atomic E-state index is -0.118. The van der Waals surface area contributed by atoms with Gasteiger partial charge in [-0.3, -0.25) is 4.99 Å². The summed E-state index contributed by atoms with van der Waals surface area (Å²) < 4.78 is 0. The van der Waals surface area contributed by atoms with Gasteiger partial charge in [-0.1, -0.05) is 24.3 Å². The van der Waals surface area contributed by atoms with E-state index in [1.165, 1.54) is 6.07 Å². The predicted molar refractivity (Wildman–Crippen MR) is 58.7 cm³/mol. The predicted octanol–water partition coefficient (Wildman–Crippen LogP) is -1.17. The Morgan fingerprint density at radius 1 is 1.22 bits per heavy atom. The Labute approximate surface area is 118 Å². The van der Waals surface area contributed by atoms with E-state index in [0.29, 0.717) is 25.2 Å². The third-order valence-electron chi connectivity index (χ3n) is 1.85. The summed E-state index contributed by atoms with van der Waals surface area (Å²) in [7, 11) is 0. The summed E-state index contributed by atoms with van der Waals surface area (Å²) >= 11 is 0. The Bertz CT molecular complexity index is 324. The quantitative estimate of drug-likeness (QED) is 0.522. The van der Waals surface area contributed by atoms with Crippen LogP contribution in [-0.4, -0.2) is 37.9 Å². The SMILES string of the molecule is [O-2].[O-]CCNCCN=Cc1ccccc1[O-].[OH-].[V]. The molecule has 0 spiro atoms. The molecule has 1 rings (SSSR count). The van der Waals surface area contributed by atoms with Crippen molar-refractivity contribution in [3.05, 3.63) is 29.8 Å². The van der Waals surface area contributed by atoms with Crippen molar-refractivity contribution in [2.45, 2.75) is 0 Å². The van der Waals surface area contributed by atoms with E-state index in [2.05, 4.69) is 10.3 Å². The molecular formula is C11H15N2O4V-5. The van der Waals surface area contributed by atoms with Gasteiger partial charge in [0.1, 0.15) is 0 Å². The largest absolute Gasteiger partial charge is 2.00 e. The number of hydrogen-bond acceptors (Lipinski definition) is 5. The molecule has 1 aromatic rings.